The van der Waals surface area contributed by atoms with Crippen LogP contribution >= 0.6 is 0 Å². The fourth-order valence-corrected chi connectivity index (χ4v) is 2.62. The molecular formula is C20H15NO3. The Balaban J connectivity index is 1.91. The lowest BCUT2D eigenvalue weighted by Gasteiger charge is -2.07. The van der Waals surface area contributed by atoms with Crippen molar-refractivity contribution in [2.45, 2.75) is 13.3 Å². The van der Waals surface area contributed by atoms with Crippen LogP contribution in [0.4, 0.5) is 0 Å². The number of aryl methyl sites for hydroxylation is 1. The molecule has 0 unspecified atom stereocenters. The Hall–Kier alpha value is -3.32. The maximum Gasteiger partial charge on any atom is 0.343 e. The van der Waals surface area contributed by atoms with E-state index in [1.165, 1.54) is 6.07 Å². The third-order valence-corrected chi connectivity index (χ3v) is 3.84. The number of benzene rings is 2. The second-order valence-corrected chi connectivity index (χ2v) is 5.54. The molecule has 1 aromatic heterocycles. The Morgan fingerprint density at radius 3 is 2.50 bits per heavy atom. The minimum absolute atomic E-state index is 0.0531. The van der Waals surface area contributed by atoms with Crippen molar-refractivity contribution in [1.82, 2.24) is 0 Å². The summed E-state index contributed by atoms with van der Waals surface area (Å²) in [6.07, 6.45) is 0.286. The van der Waals surface area contributed by atoms with Gasteiger partial charge in [0.1, 0.15) is 11.5 Å². The van der Waals surface area contributed by atoms with Gasteiger partial charge in [0, 0.05) is 12.5 Å². The van der Waals surface area contributed by atoms with Crippen LogP contribution in [-0.4, -0.2) is 5.11 Å². The smallest absolute Gasteiger partial charge is 0.343 e. The van der Waals surface area contributed by atoms with E-state index in [1.807, 2.05) is 42.5 Å². The van der Waals surface area contributed by atoms with Gasteiger partial charge < -0.3 is 9.52 Å². The van der Waals surface area contributed by atoms with Gasteiger partial charge in [-0.05, 0) is 29.7 Å². The quantitative estimate of drug-likeness (QED) is 0.797. The van der Waals surface area contributed by atoms with Crippen LogP contribution in [0.5, 0.6) is 5.75 Å². The molecule has 118 valence electrons. The lowest BCUT2D eigenvalue weighted by atomic mass is 9.98. The molecule has 0 radical (unpaired) electrons. The summed E-state index contributed by atoms with van der Waals surface area (Å²) in [6.45, 7) is 1.62. The highest BCUT2D eigenvalue weighted by Gasteiger charge is 2.11. The summed E-state index contributed by atoms with van der Waals surface area (Å²) in [4.78, 5) is 11.9. The molecule has 4 heteroatoms. The van der Waals surface area contributed by atoms with Crippen LogP contribution in [0.15, 0.2) is 63.8 Å². The maximum atomic E-state index is 11.9. The SMILES string of the molecule is Cc1cc(O)c(Cc2ccc(-c3ccccc3C#N)cc2)c(=O)o1. The minimum atomic E-state index is -0.522. The van der Waals surface area contributed by atoms with Crippen molar-refractivity contribution in [3.8, 4) is 22.9 Å². The first-order chi connectivity index (χ1) is 11.6. The number of aromatic hydroxyl groups is 1. The van der Waals surface area contributed by atoms with E-state index in [0.717, 1.165) is 16.7 Å². The molecule has 0 aliphatic carbocycles. The van der Waals surface area contributed by atoms with E-state index in [4.69, 9.17) is 4.42 Å². The van der Waals surface area contributed by atoms with E-state index >= 15 is 0 Å². The van der Waals surface area contributed by atoms with E-state index < -0.39 is 5.63 Å². The van der Waals surface area contributed by atoms with Crippen LogP contribution in [0, 0.1) is 18.3 Å². The number of nitrogens with zero attached hydrogens (tertiary/aromatic N) is 1. The van der Waals surface area contributed by atoms with Crippen molar-refractivity contribution in [2.75, 3.05) is 0 Å². The predicted molar refractivity (Wildman–Crippen MR) is 90.8 cm³/mol. The highest BCUT2D eigenvalue weighted by Crippen LogP contribution is 2.25. The Kier molecular flexibility index (Phi) is 4.17. The molecule has 0 spiro atoms. The van der Waals surface area contributed by atoms with Crippen LogP contribution in [0.25, 0.3) is 11.1 Å². The second-order valence-electron chi connectivity index (χ2n) is 5.54. The van der Waals surface area contributed by atoms with Gasteiger partial charge in [-0.15, -0.1) is 0 Å². The predicted octanol–water partition coefficient (Wildman–Crippen LogP) is 3.78. The van der Waals surface area contributed by atoms with E-state index in [0.29, 0.717) is 11.3 Å². The van der Waals surface area contributed by atoms with Crippen LogP contribution < -0.4 is 5.63 Å². The van der Waals surface area contributed by atoms with Gasteiger partial charge in [-0.3, -0.25) is 0 Å². The Labute approximate surface area is 139 Å². The number of hydrogen-bond acceptors (Lipinski definition) is 4. The molecule has 1 N–H and O–H groups in total. The molecule has 0 amide bonds. The Morgan fingerprint density at radius 2 is 1.83 bits per heavy atom. The maximum absolute atomic E-state index is 11.9. The molecule has 0 saturated carbocycles. The van der Waals surface area contributed by atoms with Gasteiger partial charge in [0.15, 0.2) is 0 Å². The molecule has 3 aromatic rings. The lowest BCUT2D eigenvalue weighted by Crippen LogP contribution is -2.08. The fraction of sp³-hybridized carbons (Fsp3) is 0.100. The summed E-state index contributed by atoms with van der Waals surface area (Å²) in [7, 11) is 0. The first kappa shape index (κ1) is 15.6. The monoisotopic (exact) mass is 317 g/mol. The Morgan fingerprint density at radius 1 is 1.12 bits per heavy atom. The van der Waals surface area contributed by atoms with Crippen molar-refractivity contribution < 1.29 is 9.52 Å². The van der Waals surface area contributed by atoms with E-state index in [9.17, 15) is 15.2 Å². The van der Waals surface area contributed by atoms with Gasteiger partial charge in [-0.2, -0.15) is 5.26 Å². The van der Waals surface area contributed by atoms with E-state index in [1.54, 1.807) is 13.0 Å². The normalized spacial score (nSPS) is 10.3. The largest absolute Gasteiger partial charge is 0.507 e. The number of nitriles is 1. The van der Waals surface area contributed by atoms with Crippen molar-refractivity contribution in [2.24, 2.45) is 0 Å². The topological polar surface area (TPSA) is 74.2 Å². The zero-order valence-corrected chi connectivity index (χ0v) is 13.1. The standard InChI is InChI=1S/C20H15NO3/c1-13-10-19(22)18(20(23)24-13)11-14-6-8-15(9-7-14)17-5-3-2-4-16(17)12-21/h2-10,22H,11H2,1H3. The van der Waals surface area contributed by atoms with E-state index in [-0.39, 0.29) is 17.7 Å². The van der Waals surface area contributed by atoms with Gasteiger partial charge in [0.2, 0.25) is 0 Å². The summed E-state index contributed by atoms with van der Waals surface area (Å²) < 4.78 is 5.03. The Bertz CT molecular complexity index is 979. The zero-order valence-electron chi connectivity index (χ0n) is 13.1. The van der Waals surface area contributed by atoms with Crippen LogP contribution in [0.3, 0.4) is 0 Å². The first-order valence-electron chi connectivity index (χ1n) is 7.49. The van der Waals surface area contributed by atoms with Gasteiger partial charge >= 0.3 is 5.63 Å². The highest BCUT2D eigenvalue weighted by molar-refractivity contribution is 5.70. The van der Waals surface area contributed by atoms with Gasteiger partial charge in [-0.1, -0.05) is 42.5 Å². The summed E-state index contributed by atoms with van der Waals surface area (Å²) in [5.41, 5.74) is 3.00. The molecule has 2 aromatic carbocycles. The second kappa shape index (κ2) is 6.43. The molecule has 0 aliphatic rings. The highest BCUT2D eigenvalue weighted by atomic mass is 16.4. The molecule has 0 aliphatic heterocycles. The third kappa shape index (κ3) is 3.06. The number of hydrogen-bond donors (Lipinski definition) is 1. The van der Waals surface area contributed by atoms with Crippen molar-refractivity contribution in [1.29, 1.82) is 5.26 Å². The molecule has 0 fully saturated rings. The van der Waals surface area contributed by atoms with Crippen molar-refractivity contribution >= 4 is 0 Å². The molecule has 0 saturated heterocycles. The van der Waals surface area contributed by atoms with E-state index in [2.05, 4.69) is 6.07 Å². The molecule has 24 heavy (non-hydrogen) atoms. The third-order valence-electron chi connectivity index (χ3n) is 3.84. The zero-order chi connectivity index (χ0) is 17.1. The minimum Gasteiger partial charge on any atom is -0.507 e. The average Bonchev–Trinajstić information content (AvgIpc) is 2.58. The van der Waals surface area contributed by atoms with Crippen LogP contribution in [0.1, 0.15) is 22.5 Å². The molecule has 0 atom stereocenters. The summed E-state index contributed by atoms with van der Waals surface area (Å²) in [6, 6.07) is 18.6. The van der Waals surface area contributed by atoms with Crippen LogP contribution in [-0.2, 0) is 6.42 Å². The van der Waals surface area contributed by atoms with Crippen molar-refractivity contribution in [3.63, 3.8) is 0 Å². The number of rotatable bonds is 3. The first-order valence-corrected chi connectivity index (χ1v) is 7.49. The summed E-state index contributed by atoms with van der Waals surface area (Å²) >= 11 is 0. The summed E-state index contributed by atoms with van der Waals surface area (Å²) in [5.74, 6) is 0.326. The van der Waals surface area contributed by atoms with Crippen molar-refractivity contribution in [3.05, 3.63) is 87.5 Å². The van der Waals surface area contributed by atoms with Gasteiger partial charge in [0.05, 0.1) is 17.2 Å². The average molecular weight is 317 g/mol. The van der Waals surface area contributed by atoms with Gasteiger partial charge in [-0.25, -0.2) is 4.79 Å². The molecule has 4 nitrogen and oxygen atoms in total. The molecule has 0 bridgehead atoms. The molecule has 1 heterocycles. The van der Waals surface area contributed by atoms with Gasteiger partial charge in [0.25, 0.3) is 0 Å². The lowest BCUT2D eigenvalue weighted by molar-refractivity contribution is 0.424. The molecule has 3 rings (SSSR count). The molecular weight excluding hydrogens is 302 g/mol. The summed E-state index contributed by atoms with van der Waals surface area (Å²) in [5, 5.41) is 19.1. The van der Waals surface area contributed by atoms with Crippen LogP contribution in [0.2, 0.25) is 0 Å². The fourth-order valence-electron chi connectivity index (χ4n) is 2.62.